The first-order valence-corrected chi connectivity index (χ1v) is 10.7. The highest BCUT2D eigenvalue weighted by Gasteiger charge is 2.35. The van der Waals surface area contributed by atoms with Gasteiger partial charge in [0.1, 0.15) is 6.61 Å². The summed E-state index contributed by atoms with van der Waals surface area (Å²) < 4.78 is 4.29. The maximum Gasteiger partial charge on any atom is 0.376 e. The van der Waals surface area contributed by atoms with E-state index in [2.05, 4.69) is 11.7 Å². The minimum atomic E-state index is -3.01. The maximum atomic E-state index is 11.4. The van der Waals surface area contributed by atoms with E-state index in [9.17, 15) is 9.59 Å². The van der Waals surface area contributed by atoms with Gasteiger partial charge >= 0.3 is 11.9 Å². The van der Waals surface area contributed by atoms with Crippen molar-refractivity contribution < 1.29 is 29.6 Å². The lowest BCUT2D eigenvalue weighted by Gasteiger charge is -2.15. The van der Waals surface area contributed by atoms with Gasteiger partial charge in [0.25, 0.3) is 5.79 Å². The van der Waals surface area contributed by atoms with E-state index in [-0.39, 0.29) is 6.42 Å². The summed E-state index contributed by atoms with van der Waals surface area (Å²) in [6.07, 6.45) is 18.4. The third-order valence-electron chi connectivity index (χ3n) is 4.74. The zero-order chi connectivity index (χ0) is 20.4. The topological polar surface area (TPSA) is 104 Å². The zero-order valence-corrected chi connectivity index (χ0v) is 17.1. The van der Waals surface area contributed by atoms with Gasteiger partial charge in [-0.05, 0) is 6.42 Å². The second kappa shape index (κ2) is 17.1. The molecule has 0 heterocycles. The van der Waals surface area contributed by atoms with E-state index in [1.165, 1.54) is 70.6 Å². The van der Waals surface area contributed by atoms with Crippen LogP contribution in [-0.2, 0) is 14.3 Å². The molecule has 0 radical (unpaired) electrons. The molecule has 0 spiro atoms. The van der Waals surface area contributed by atoms with E-state index in [1.807, 2.05) is 0 Å². The minimum Gasteiger partial charge on any atom is -0.390 e. The minimum absolute atomic E-state index is 0.0610. The lowest BCUT2D eigenvalue weighted by molar-refractivity contribution is -0.220. The number of ether oxygens (including phenoxy) is 1. The number of unbranched alkanes of at least 4 members (excludes halogenated alkanes) is 14. The van der Waals surface area contributed by atoms with Crippen molar-refractivity contribution in [2.75, 3.05) is 6.61 Å². The molecular weight excluding hydrogens is 348 g/mol. The average Bonchev–Trinajstić information content (AvgIpc) is 2.64. The fourth-order valence-electron chi connectivity index (χ4n) is 2.94. The molecule has 0 rings (SSSR count). The number of aliphatic hydroxyl groups is 3. The molecule has 0 aliphatic rings. The highest BCUT2D eigenvalue weighted by Crippen LogP contribution is 2.14. The fourth-order valence-corrected chi connectivity index (χ4v) is 2.94. The predicted octanol–water partition coefficient (Wildman–Crippen LogP) is 3.99. The van der Waals surface area contributed by atoms with Crippen LogP contribution in [0.4, 0.5) is 0 Å². The van der Waals surface area contributed by atoms with Gasteiger partial charge in [-0.25, -0.2) is 4.79 Å². The van der Waals surface area contributed by atoms with Crippen LogP contribution in [-0.4, -0.2) is 39.7 Å². The van der Waals surface area contributed by atoms with Crippen LogP contribution in [0.3, 0.4) is 0 Å². The second-order valence-corrected chi connectivity index (χ2v) is 7.44. The van der Waals surface area contributed by atoms with Gasteiger partial charge in [0.05, 0.1) is 0 Å². The summed E-state index contributed by atoms with van der Waals surface area (Å²) in [5.74, 6) is -5.34. The molecule has 0 atom stereocenters. The van der Waals surface area contributed by atoms with E-state index in [4.69, 9.17) is 15.3 Å². The van der Waals surface area contributed by atoms with Crippen LogP contribution in [0.25, 0.3) is 0 Å². The Bertz CT molecular complexity index is 381. The van der Waals surface area contributed by atoms with Crippen LogP contribution in [0.2, 0.25) is 0 Å². The molecule has 0 bridgehead atoms. The Labute approximate surface area is 164 Å². The maximum absolute atomic E-state index is 11.4. The average molecular weight is 389 g/mol. The van der Waals surface area contributed by atoms with Gasteiger partial charge in [0, 0.05) is 6.42 Å². The zero-order valence-electron chi connectivity index (χ0n) is 17.1. The third kappa shape index (κ3) is 15.7. The lowest BCUT2D eigenvalue weighted by atomic mass is 10.0. The molecule has 0 saturated carbocycles. The van der Waals surface area contributed by atoms with Crippen LogP contribution >= 0.6 is 0 Å². The molecule has 0 saturated heterocycles. The van der Waals surface area contributed by atoms with Gasteiger partial charge in [-0.15, -0.1) is 0 Å². The van der Waals surface area contributed by atoms with Crippen molar-refractivity contribution in [3.63, 3.8) is 0 Å². The van der Waals surface area contributed by atoms with Crippen molar-refractivity contribution >= 4 is 11.9 Å². The number of esters is 2. The van der Waals surface area contributed by atoms with Crippen molar-refractivity contribution in [3.05, 3.63) is 0 Å². The Morgan fingerprint density at radius 3 is 1.44 bits per heavy atom. The standard InChI is InChI=1S/C21H40O6/c1-2-3-4-5-6-7-8-9-10-11-12-13-14-15-16-17-19(23)27-20(24)21(25,26)18-22/h22,25-26H,2-18H2,1H3. The molecule has 6 heteroatoms. The van der Waals surface area contributed by atoms with E-state index in [0.717, 1.165) is 19.3 Å². The van der Waals surface area contributed by atoms with Gasteiger partial charge in [0.2, 0.25) is 0 Å². The molecular formula is C21H40O6. The first kappa shape index (κ1) is 26.0. The summed E-state index contributed by atoms with van der Waals surface area (Å²) in [6.45, 7) is 1.03. The summed E-state index contributed by atoms with van der Waals surface area (Å²) in [5.41, 5.74) is 0. The molecule has 160 valence electrons. The number of hydrogen-bond acceptors (Lipinski definition) is 6. The SMILES string of the molecule is CCCCCCCCCCCCCCCCCC(=O)OC(=O)C(O)(O)CO. The van der Waals surface area contributed by atoms with Gasteiger partial charge < -0.3 is 20.1 Å². The lowest BCUT2D eigenvalue weighted by Crippen LogP contribution is -2.44. The first-order valence-electron chi connectivity index (χ1n) is 10.7. The molecule has 0 fully saturated rings. The third-order valence-corrected chi connectivity index (χ3v) is 4.74. The van der Waals surface area contributed by atoms with Crippen LogP contribution < -0.4 is 0 Å². The van der Waals surface area contributed by atoms with E-state index in [0.29, 0.717) is 6.42 Å². The van der Waals surface area contributed by atoms with Crippen molar-refractivity contribution in [1.82, 2.24) is 0 Å². The van der Waals surface area contributed by atoms with E-state index >= 15 is 0 Å². The Kier molecular flexibility index (Phi) is 16.5. The summed E-state index contributed by atoms with van der Waals surface area (Å²) >= 11 is 0. The summed E-state index contributed by atoms with van der Waals surface area (Å²) in [4.78, 5) is 22.6. The molecule has 0 aromatic carbocycles. The van der Waals surface area contributed by atoms with Crippen molar-refractivity contribution in [1.29, 1.82) is 0 Å². The largest absolute Gasteiger partial charge is 0.390 e. The number of hydrogen-bond donors (Lipinski definition) is 3. The normalized spacial score (nSPS) is 11.6. The van der Waals surface area contributed by atoms with Gasteiger partial charge in [0.15, 0.2) is 0 Å². The number of aliphatic hydroxyl groups excluding tert-OH is 1. The molecule has 27 heavy (non-hydrogen) atoms. The Hall–Kier alpha value is -0.980. The van der Waals surface area contributed by atoms with Gasteiger partial charge in [-0.3, -0.25) is 4.79 Å². The van der Waals surface area contributed by atoms with Crippen LogP contribution in [0.5, 0.6) is 0 Å². The summed E-state index contributed by atoms with van der Waals surface area (Å²) in [6, 6.07) is 0. The van der Waals surface area contributed by atoms with Crippen molar-refractivity contribution in [3.8, 4) is 0 Å². The molecule has 0 aliphatic heterocycles. The molecule has 0 amide bonds. The Morgan fingerprint density at radius 2 is 1.07 bits per heavy atom. The molecule has 0 aromatic heterocycles. The highest BCUT2D eigenvalue weighted by atomic mass is 16.6. The summed E-state index contributed by atoms with van der Waals surface area (Å²) in [5, 5.41) is 26.6. The van der Waals surface area contributed by atoms with Gasteiger partial charge in [-0.2, -0.15) is 0 Å². The van der Waals surface area contributed by atoms with Crippen LogP contribution in [0, 0.1) is 0 Å². The Morgan fingerprint density at radius 1 is 0.704 bits per heavy atom. The van der Waals surface area contributed by atoms with Crippen molar-refractivity contribution in [2.24, 2.45) is 0 Å². The molecule has 0 aliphatic carbocycles. The van der Waals surface area contributed by atoms with Gasteiger partial charge in [-0.1, -0.05) is 96.8 Å². The van der Waals surface area contributed by atoms with E-state index in [1.54, 1.807) is 0 Å². The van der Waals surface area contributed by atoms with E-state index < -0.39 is 24.3 Å². The highest BCUT2D eigenvalue weighted by molar-refractivity contribution is 5.89. The summed E-state index contributed by atoms with van der Waals surface area (Å²) in [7, 11) is 0. The van der Waals surface area contributed by atoms with Crippen LogP contribution in [0.15, 0.2) is 0 Å². The van der Waals surface area contributed by atoms with Crippen LogP contribution in [0.1, 0.15) is 110 Å². The number of carbonyl (C=O) groups is 2. The molecule has 0 unspecified atom stereocenters. The first-order chi connectivity index (χ1) is 12.9. The number of carbonyl (C=O) groups excluding carboxylic acids is 2. The predicted molar refractivity (Wildman–Crippen MR) is 105 cm³/mol. The molecule has 6 nitrogen and oxygen atoms in total. The quantitative estimate of drug-likeness (QED) is 0.142. The second-order valence-electron chi connectivity index (χ2n) is 7.44. The fraction of sp³-hybridized carbons (Fsp3) is 0.905. The monoisotopic (exact) mass is 388 g/mol. The Balaban J connectivity index is 3.33. The smallest absolute Gasteiger partial charge is 0.376 e. The van der Waals surface area contributed by atoms with Crippen molar-refractivity contribution in [2.45, 2.75) is 115 Å². The molecule has 3 N–H and O–H groups in total. The molecule has 0 aromatic rings. The number of rotatable bonds is 18.